The van der Waals surface area contributed by atoms with Crippen LogP contribution in [-0.2, 0) is 24.8 Å². The van der Waals surface area contributed by atoms with Gasteiger partial charge in [0, 0.05) is 49.5 Å². The van der Waals surface area contributed by atoms with Crippen molar-refractivity contribution in [3.63, 3.8) is 0 Å². The van der Waals surface area contributed by atoms with Crippen molar-refractivity contribution in [1.82, 2.24) is 25.1 Å². The summed E-state index contributed by atoms with van der Waals surface area (Å²) in [5.41, 5.74) is 4.22. The highest BCUT2D eigenvalue weighted by atomic mass is 32.1. The molecule has 4 rings (SSSR count). The summed E-state index contributed by atoms with van der Waals surface area (Å²) in [6.45, 7) is 0.504. The molecule has 0 bridgehead atoms. The van der Waals surface area contributed by atoms with Crippen LogP contribution in [0.25, 0.3) is 11.3 Å². The number of pyridine rings is 1. The number of hydrogen-bond donors (Lipinski definition) is 3. The smallest absolute Gasteiger partial charge is 0.243 e. The fraction of sp³-hybridized carbons (Fsp3) is 0.217. The Hall–Kier alpha value is -3.63. The first-order chi connectivity index (χ1) is 16.0. The minimum Gasteiger partial charge on any atom is -0.373 e. The van der Waals surface area contributed by atoms with E-state index in [1.165, 1.54) is 23.5 Å². The third-order valence-corrected chi connectivity index (χ3v) is 5.90. The van der Waals surface area contributed by atoms with Gasteiger partial charge in [-0.1, -0.05) is 12.1 Å². The van der Waals surface area contributed by atoms with E-state index in [-0.39, 0.29) is 11.7 Å². The molecule has 0 saturated carbocycles. The topological polar surface area (TPSA) is 96.8 Å². The van der Waals surface area contributed by atoms with E-state index in [0.29, 0.717) is 18.8 Å². The zero-order chi connectivity index (χ0) is 23.2. The fourth-order valence-electron chi connectivity index (χ4n) is 3.33. The Morgan fingerprint density at radius 2 is 2.03 bits per heavy atom. The van der Waals surface area contributed by atoms with Gasteiger partial charge in [-0.3, -0.25) is 14.5 Å². The number of benzene rings is 1. The number of halogens is 1. The number of nitrogens with one attached hydrogen (secondary N) is 3. The number of nitrogens with zero attached hydrogens (tertiary/aromatic N) is 4. The summed E-state index contributed by atoms with van der Waals surface area (Å²) in [4.78, 5) is 22.5. The lowest BCUT2D eigenvalue weighted by molar-refractivity contribution is -0.118. The van der Waals surface area contributed by atoms with Crippen LogP contribution in [0.5, 0.6) is 0 Å². The van der Waals surface area contributed by atoms with Crippen LogP contribution in [0.3, 0.4) is 0 Å². The van der Waals surface area contributed by atoms with Crippen LogP contribution in [0.1, 0.15) is 10.4 Å². The van der Waals surface area contributed by atoms with E-state index in [9.17, 15) is 9.18 Å². The predicted octanol–water partition coefficient (Wildman–Crippen LogP) is 3.46. The lowest BCUT2D eigenvalue weighted by atomic mass is 10.0. The van der Waals surface area contributed by atoms with E-state index in [1.54, 1.807) is 48.8 Å². The zero-order valence-corrected chi connectivity index (χ0v) is 19.1. The SMILES string of the molecule is CNc1cc(-c2cc(NC(=O)[C@H](Cc3ccc(F)cc3)NCc3cncs3)n(C)n2)ccn1. The number of carbonyl (C=O) groups excluding carboxylic acids is 1. The number of rotatable bonds is 9. The molecule has 170 valence electrons. The number of hydrogen-bond acceptors (Lipinski definition) is 7. The van der Waals surface area contributed by atoms with Crippen LogP contribution in [-0.4, -0.2) is 38.7 Å². The van der Waals surface area contributed by atoms with Gasteiger partial charge in [0.25, 0.3) is 0 Å². The molecule has 1 aromatic carbocycles. The van der Waals surface area contributed by atoms with Crippen LogP contribution < -0.4 is 16.0 Å². The van der Waals surface area contributed by atoms with Crippen molar-refractivity contribution in [2.75, 3.05) is 17.7 Å². The summed E-state index contributed by atoms with van der Waals surface area (Å²) in [5.74, 6) is 0.790. The molecule has 0 aliphatic heterocycles. The number of amides is 1. The van der Waals surface area contributed by atoms with Gasteiger partial charge in [0.2, 0.25) is 5.91 Å². The van der Waals surface area contributed by atoms with Gasteiger partial charge in [-0.05, 0) is 36.2 Å². The predicted molar refractivity (Wildman–Crippen MR) is 127 cm³/mol. The highest BCUT2D eigenvalue weighted by Crippen LogP contribution is 2.23. The Morgan fingerprint density at radius 3 is 2.76 bits per heavy atom. The van der Waals surface area contributed by atoms with Crippen LogP contribution in [0.2, 0.25) is 0 Å². The second kappa shape index (κ2) is 10.3. The van der Waals surface area contributed by atoms with Gasteiger partial charge >= 0.3 is 0 Å². The molecule has 1 amide bonds. The highest BCUT2D eigenvalue weighted by Gasteiger charge is 2.21. The molecule has 33 heavy (non-hydrogen) atoms. The van der Waals surface area contributed by atoms with Gasteiger partial charge in [0.15, 0.2) is 0 Å². The van der Waals surface area contributed by atoms with Crippen LogP contribution >= 0.6 is 11.3 Å². The summed E-state index contributed by atoms with van der Waals surface area (Å²) in [6.07, 6.45) is 3.88. The van der Waals surface area contributed by atoms with Crippen molar-refractivity contribution in [3.05, 3.63) is 76.6 Å². The number of thiazole rings is 1. The molecule has 8 nitrogen and oxygen atoms in total. The minimum absolute atomic E-state index is 0.205. The van der Waals surface area contributed by atoms with E-state index in [4.69, 9.17) is 0 Å². The number of aryl methyl sites for hydroxylation is 1. The fourth-order valence-corrected chi connectivity index (χ4v) is 3.88. The van der Waals surface area contributed by atoms with Crippen LogP contribution in [0.4, 0.5) is 16.0 Å². The Labute approximate surface area is 194 Å². The second-order valence-electron chi connectivity index (χ2n) is 7.44. The van der Waals surface area contributed by atoms with Gasteiger partial charge < -0.3 is 16.0 Å². The van der Waals surface area contributed by atoms with E-state index >= 15 is 0 Å². The van der Waals surface area contributed by atoms with E-state index < -0.39 is 6.04 Å². The summed E-state index contributed by atoms with van der Waals surface area (Å²) in [5, 5.41) is 13.8. The first kappa shape index (κ1) is 22.6. The first-order valence-corrected chi connectivity index (χ1v) is 11.2. The maximum atomic E-state index is 13.3. The molecular formula is C23H24FN7OS. The molecule has 4 aromatic rings. The van der Waals surface area contributed by atoms with Gasteiger partial charge in [0.05, 0.1) is 17.2 Å². The zero-order valence-electron chi connectivity index (χ0n) is 18.2. The lowest BCUT2D eigenvalue weighted by Gasteiger charge is -2.18. The number of anilines is 2. The maximum absolute atomic E-state index is 13.3. The molecule has 0 aliphatic carbocycles. The Bertz CT molecular complexity index is 1210. The summed E-state index contributed by atoms with van der Waals surface area (Å²) in [6, 6.07) is 11.2. The molecule has 1 atom stereocenters. The van der Waals surface area contributed by atoms with Crippen molar-refractivity contribution in [2.45, 2.75) is 19.0 Å². The quantitative estimate of drug-likeness (QED) is 0.350. The molecule has 0 unspecified atom stereocenters. The molecule has 0 radical (unpaired) electrons. The normalized spacial score (nSPS) is 11.8. The average Bonchev–Trinajstić information content (AvgIpc) is 3.48. The van der Waals surface area contributed by atoms with Crippen molar-refractivity contribution < 1.29 is 9.18 Å². The maximum Gasteiger partial charge on any atom is 0.243 e. The molecule has 0 aliphatic rings. The van der Waals surface area contributed by atoms with Crippen molar-refractivity contribution in [2.24, 2.45) is 7.05 Å². The Morgan fingerprint density at radius 1 is 1.21 bits per heavy atom. The second-order valence-corrected chi connectivity index (χ2v) is 8.41. The molecule has 3 aromatic heterocycles. The highest BCUT2D eigenvalue weighted by molar-refractivity contribution is 7.09. The number of carbonyl (C=O) groups is 1. The van der Waals surface area contributed by atoms with Crippen molar-refractivity contribution in [1.29, 1.82) is 0 Å². The molecule has 3 N–H and O–H groups in total. The third-order valence-electron chi connectivity index (χ3n) is 5.12. The standard InChI is InChI=1S/C23H24FN7OS/c1-25-21-10-16(7-8-27-21)19-11-22(31(2)30-19)29-23(32)20(28-13-18-12-26-14-33-18)9-15-3-5-17(24)6-4-15/h3-8,10-12,14,20,28H,9,13H2,1-2H3,(H,25,27)(H,29,32)/t20-/m0/s1. The minimum atomic E-state index is -0.535. The molecule has 0 saturated heterocycles. The summed E-state index contributed by atoms with van der Waals surface area (Å²) < 4.78 is 15.0. The van der Waals surface area contributed by atoms with Gasteiger partial charge in [-0.15, -0.1) is 11.3 Å². The van der Waals surface area contributed by atoms with E-state index in [2.05, 4.69) is 31.0 Å². The van der Waals surface area contributed by atoms with Crippen molar-refractivity contribution in [3.8, 4) is 11.3 Å². The Kier molecular flexibility index (Phi) is 7.06. The monoisotopic (exact) mass is 465 g/mol. The molecule has 0 fully saturated rings. The Balaban J connectivity index is 1.51. The molecule has 3 heterocycles. The van der Waals surface area contributed by atoms with Gasteiger partial charge in [-0.25, -0.2) is 9.37 Å². The van der Waals surface area contributed by atoms with E-state index in [0.717, 1.165) is 27.5 Å². The third kappa shape index (κ3) is 5.79. The van der Waals surface area contributed by atoms with E-state index in [1.807, 2.05) is 18.2 Å². The molecule has 0 spiro atoms. The van der Waals surface area contributed by atoms with Gasteiger partial charge in [0.1, 0.15) is 17.5 Å². The summed E-state index contributed by atoms with van der Waals surface area (Å²) >= 11 is 1.52. The summed E-state index contributed by atoms with van der Waals surface area (Å²) in [7, 11) is 3.58. The van der Waals surface area contributed by atoms with Crippen LogP contribution in [0, 0.1) is 5.82 Å². The largest absolute Gasteiger partial charge is 0.373 e. The van der Waals surface area contributed by atoms with Crippen molar-refractivity contribution >= 4 is 28.9 Å². The molecular weight excluding hydrogens is 441 g/mol. The molecule has 10 heteroatoms. The lowest BCUT2D eigenvalue weighted by Crippen LogP contribution is -2.42. The average molecular weight is 466 g/mol. The number of aromatic nitrogens is 4. The van der Waals surface area contributed by atoms with Crippen LogP contribution in [0.15, 0.2) is 60.4 Å². The first-order valence-electron chi connectivity index (χ1n) is 10.4. The van der Waals surface area contributed by atoms with Gasteiger partial charge in [-0.2, -0.15) is 5.10 Å².